The van der Waals surface area contributed by atoms with E-state index >= 15 is 0 Å². The van der Waals surface area contributed by atoms with Gasteiger partial charge in [0.1, 0.15) is 0 Å². The number of hydrogen-bond donors (Lipinski definition) is 1. The molecule has 0 spiro atoms. The molecule has 0 aromatic heterocycles. The molecule has 0 radical (unpaired) electrons. The lowest BCUT2D eigenvalue weighted by molar-refractivity contribution is -0.117. The number of nitrogens with one attached hydrogen (secondary N) is 1. The van der Waals surface area contributed by atoms with Gasteiger partial charge in [0, 0.05) is 11.7 Å². The molecule has 0 saturated heterocycles. The first kappa shape index (κ1) is 13.1. The van der Waals surface area contributed by atoms with E-state index in [4.69, 9.17) is 0 Å². The summed E-state index contributed by atoms with van der Waals surface area (Å²) in [6.07, 6.45) is 3.51. The van der Waals surface area contributed by atoms with Crippen LogP contribution in [0, 0.1) is 0 Å². The Bertz CT molecular complexity index is 395. The molecule has 18 heavy (non-hydrogen) atoms. The van der Waals surface area contributed by atoms with Crippen LogP contribution < -0.4 is 5.32 Å². The molecule has 98 valence electrons. The Morgan fingerprint density at radius 3 is 2.44 bits per heavy atom. The molecule has 2 rings (SSSR count). The minimum absolute atomic E-state index is 0.0907. The van der Waals surface area contributed by atoms with Crippen LogP contribution in [0.5, 0.6) is 0 Å². The van der Waals surface area contributed by atoms with Crippen molar-refractivity contribution < 1.29 is 4.79 Å². The lowest BCUT2D eigenvalue weighted by Gasteiger charge is -2.19. The summed E-state index contributed by atoms with van der Waals surface area (Å²) in [5.74, 6) is 0.0907. The molecule has 1 fully saturated rings. The average molecular weight is 246 g/mol. The highest BCUT2D eigenvalue weighted by Gasteiger charge is 2.28. The summed E-state index contributed by atoms with van der Waals surface area (Å²) in [4.78, 5) is 14.2. The first-order valence-corrected chi connectivity index (χ1v) is 6.85. The molecule has 3 nitrogen and oxygen atoms in total. The van der Waals surface area contributed by atoms with E-state index in [-0.39, 0.29) is 5.91 Å². The zero-order valence-corrected chi connectivity index (χ0v) is 11.3. The Morgan fingerprint density at radius 1 is 1.28 bits per heavy atom. The van der Waals surface area contributed by atoms with Crippen LogP contribution in [0.3, 0.4) is 0 Å². The second-order valence-electron chi connectivity index (χ2n) is 4.89. The van der Waals surface area contributed by atoms with Crippen molar-refractivity contribution in [3.8, 4) is 0 Å². The van der Waals surface area contributed by atoms with Gasteiger partial charge in [-0.25, -0.2) is 0 Å². The Hall–Kier alpha value is -1.35. The Kier molecular flexibility index (Phi) is 4.37. The predicted molar refractivity (Wildman–Crippen MR) is 74.7 cm³/mol. The normalized spacial score (nSPS) is 14.8. The third-order valence-electron chi connectivity index (χ3n) is 3.46. The van der Waals surface area contributed by atoms with Gasteiger partial charge in [0.05, 0.1) is 6.54 Å². The molecule has 1 saturated carbocycles. The average Bonchev–Trinajstić information content (AvgIpc) is 3.21. The highest BCUT2D eigenvalue weighted by atomic mass is 16.2. The van der Waals surface area contributed by atoms with E-state index in [0.717, 1.165) is 18.7 Å². The second kappa shape index (κ2) is 6.01. The molecule has 1 aliphatic rings. The van der Waals surface area contributed by atoms with Crippen molar-refractivity contribution in [1.82, 2.24) is 4.90 Å². The van der Waals surface area contributed by atoms with Gasteiger partial charge in [-0.15, -0.1) is 0 Å². The molecule has 0 aliphatic heterocycles. The largest absolute Gasteiger partial charge is 0.325 e. The summed E-state index contributed by atoms with van der Waals surface area (Å²) in [5, 5.41) is 2.96. The van der Waals surface area contributed by atoms with Gasteiger partial charge in [0.25, 0.3) is 0 Å². The number of aryl methyl sites for hydroxylation is 1. The van der Waals surface area contributed by atoms with Crippen molar-refractivity contribution in [3.05, 3.63) is 29.8 Å². The minimum Gasteiger partial charge on any atom is -0.325 e. The lowest BCUT2D eigenvalue weighted by atomic mass is 10.1. The molecular weight excluding hydrogens is 224 g/mol. The van der Waals surface area contributed by atoms with Gasteiger partial charge in [0.2, 0.25) is 5.91 Å². The molecule has 1 N–H and O–H groups in total. The molecule has 3 heteroatoms. The number of carbonyl (C=O) groups excluding carboxylic acids is 1. The van der Waals surface area contributed by atoms with Crippen LogP contribution in [-0.2, 0) is 11.2 Å². The van der Waals surface area contributed by atoms with Crippen molar-refractivity contribution >= 4 is 11.6 Å². The number of carbonyl (C=O) groups is 1. The minimum atomic E-state index is 0.0907. The van der Waals surface area contributed by atoms with Gasteiger partial charge >= 0.3 is 0 Å². The second-order valence-corrected chi connectivity index (χ2v) is 4.89. The SMILES string of the molecule is CCc1ccc(NC(=O)CN(CC)C2CC2)cc1. The summed E-state index contributed by atoms with van der Waals surface area (Å²) in [5.41, 5.74) is 2.19. The zero-order valence-electron chi connectivity index (χ0n) is 11.3. The predicted octanol–water partition coefficient (Wildman–Crippen LogP) is 2.67. The summed E-state index contributed by atoms with van der Waals surface area (Å²) in [7, 11) is 0. The Labute approximate surface area is 109 Å². The van der Waals surface area contributed by atoms with Crippen LogP contribution in [0.25, 0.3) is 0 Å². The number of anilines is 1. The highest BCUT2D eigenvalue weighted by molar-refractivity contribution is 5.92. The number of likely N-dealkylation sites (N-methyl/N-ethyl adjacent to an activating group) is 1. The maximum absolute atomic E-state index is 11.9. The third kappa shape index (κ3) is 3.57. The number of nitrogens with zero attached hydrogens (tertiary/aromatic N) is 1. The topological polar surface area (TPSA) is 32.3 Å². The van der Waals surface area contributed by atoms with Gasteiger partial charge in [-0.05, 0) is 43.5 Å². The molecule has 1 amide bonds. The summed E-state index contributed by atoms with van der Waals surface area (Å²) < 4.78 is 0. The van der Waals surface area contributed by atoms with Crippen LogP contribution in [-0.4, -0.2) is 29.9 Å². The molecule has 0 atom stereocenters. The molecular formula is C15H22N2O. The van der Waals surface area contributed by atoms with Gasteiger partial charge in [-0.2, -0.15) is 0 Å². The van der Waals surface area contributed by atoms with Crippen molar-refractivity contribution in [2.24, 2.45) is 0 Å². The first-order valence-electron chi connectivity index (χ1n) is 6.85. The smallest absolute Gasteiger partial charge is 0.238 e. The van der Waals surface area contributed by atoms with E-state index in [1.807, 2.05) is 12.1 Å². The van der Waals surface area contributed by atoms with Gasteiger partial charge < -0.3 is 5.32 Å². The maximum atomic E-state index is 11.9. The van der Waals surface area contributed by atoms with Crippen LogP contribution in [0.1, 0.15) is 32.3 Å². The van der Waals surface area contributed by atoms with Crippen molar-refractivity contribution in [3.63, 3.8) is 0 Å². The standard InChI is InChI=1S/C15H22N2O/c1-3-12-5-7-13(8-6-12)16-15(18)11-17(4-2)14-9-10-14/h5-8,14H,3-4,9-11H2,1-2H3,(H,16,18). The van der Waals surface area contributed by atoms with Crippen LogP contribution in [0.2, 0.25) is 0 Å². The van der Waals surface area contributed by atoms with E-state index < -0.39 is 0 Å². The van der Waals surface area contributed by atoms with E-state index in [9.17, 15) is 4.79 Å². The molecule has 0 bridgehead atoms. The zero-order chi connectivity index (χ0) is 13.0. The van der Waals surface area contributed by atoms with Crippen molar-refractivity contribution in [2.45, 2.75) is 39.2 Å². The Balaban J connectivity index is 1.85. The van der Waals surface area contributed by atoms with Gasteiger partial charge in [-0.1, -0.05) is 26.0 Å². The van der Waals surface area contributed by atoms with Crippen LogP contribution in [0.15, 0.2) is 24.3 Å². The fourth-order valence-electron chi connectivity index (χ4n) is 2.15. The van der Waals surface area contributed by atoms with E-state index in [1.54, 1.807) is 0 Å². The number of benzene rings is 1. The number of hydrogen-bond acceptors (Lipinski definition) is 2. The monoisotopic (exact) mass is 246 g/mol. The van der Waals surface area contributed by atoms with Gasteiger partial charge in [-0.3, -0.25) is 9.69 Å². The summed E-state index contributed by atoms with van der Waals surface area (Å²) in [6, 6.07) is 8.72. The van der Waals surface area contributed by atoms with Crippen molar-refractivity contribution in [2.75, 3.05) is 18.4 Å². The maximum Gasteiger partial charge on any atom is 0.238 e. The highest BCUT2D eigenvalue weighted by Crippen LogP contribution is 2.26. The van der Waals surface area contributed by atoms with Crippen LogP contribution in [0.4, 0.5) is 5.69 Å². The quantitative estimate of drug-likeness (QED) is 0.837. The summed E-state index contributed by atoms with van der Waals surface area (Å²) >= 11 is 0. The van der Waals surface area contributed by atoms with E-state index in [1.165, 1.54) is 18.4 Å². The molecule has 1 aromatic carbocycles. The first-order chi connectivity index (χ1) is 8.72. The number of rotatable bonds is 6. The third-order valence-corrected chi connectivity index (χ3v) is 3.46. The van der Waals surface area contributed by atoms with Crippen LogP contribution >= 0.6 is 0 Å². The molecule has 1 aromatic rings. The summed E-state index contributed by atoms with van der Waals surface area (Å²) in [6.45, 7) is 5.70. The Morgan fingerprint density at radius 2 is 1.94 bits per heavy atom. The fraction of sp³-hybridized carbons (Fsp3) is 0.533. The van der Waals surface area contributed by atoms with E-state index in [0.29, 0.717) is 12.6 Å². The van der Waals surface area contributed by atoms with Gasteiger partial charge in [0.15, 0.2) is 0 Å². The molecule has 0 heterocycles. The lowest BCUT2D eigenvalue weighted by Crippen LogP contribution is -2.34. The van der Waals surface area contributed by atoms with E-state index in [2.05, 4.69) is 36.2 Å². The molecule has 1 aliphatic carbocycles. The molecule has 0 unspecified atom stereocenters. The fourth-order valence-corrected chi connectivity index (χ4v) is 2.15. The number of amides is 1. The van der Waals surface area contributed by atoms with Crippen molar-refractivity contribution in [1.29, 1.82) is 0 Å².